The van der Waals surface area contributed by atoms with Crippen molar-refractivity contribution >= 4 is 11.6 Å². The maximum absolute atomic E-state index is 12.7. The van der Waals surface area contributed by atoms with Crippen molar-refractivity contribution < 1.29 is 19.2 Å². The molecule has 128 valence electrons. The zero-order valence-corrected chi connectivity index (χ0v) is 14.6. The molecule has 0 spiro atoms. The van der Waals surface area contributed by atoms with E-state index in [1.54, 1.807) is 13.8 Å². The first-order chi connectivity index (χ1) is 11.2. The number of hydrogen-bond acceptors (Lipinski definition) is 5. The summed E-state index contributed by atoms with van der Waals surface area (Å²) in [5.74, 6) is 0.777. The predicted octanol–water partition coefficient (Wildman–Crippen LogP) is 3.34. The number of amides is 1. The lowest BCUT2D eigenvalue weighted by Crippen LogP contribution is -2.48. The number of ether oxygens (including phenoxy) is 1. The molecule has 24 heavy (non-hydrogen) atoms. The van der Waals surface area contributed by atoms with Gasteiger partial charge in [0.2, 0.25) is 0 Å². The van der Waals surface area contributed by atoms with Crippen LogP contribution in [0.1, 0.15) is 41.3 Å². The number of aryl methyl sites for hydroxylation is 1. The first kappa shape index (κ1) is 16.4. The summed E-state index contributed by atoms with van der Waals surface area (Å²) < 4.78 is 11.0. The van der Waals surface area contributed by atoms with E-state index in [1.165, 1.54) is 6.26 Å². The maximum atomic E-state index is 12.7. The van der Waals surface area contributed by atoms with Gasteiger partial charge in [-0.25, -0.2) is 0 Å². The van der Waals surface area contributed by atoms with Crippen molar-refractivity contribution in [2.24, 2.45) is 0 Å². The number of benzene rings is 1. The summed E-state index contributed by atoms with van der Waals surface area (Å²) in [5.41, 5.74) is 3.63. The number of phenols is 1. The van der Waals surface area contributed by atoms with Gasteiger partial charge >= 0.3 is 0 Å². The van der Waals surface area contributed by atoms with Crippen molar-refractivity contribution in [3.63, 3.8) is 0 Å². The molecule has 1 unspecified atom stereocenters. The van der Waals surface area contributed by atoms with E-state index in [2.05, 4.69) is 10.5 Å². The van der Waals surface area contributed by atoms with Gasteiger partial charge in [0.1, 0.15) is 29.1 Å². The largest absolute Gasteiger partial charge is 0.507 e. The van der Waals surface area contributed by atoms with E-state index in [-0.39, 0.29) is 5.91 Å². The number of carbonyl (C=O) groups excluding carboxylic acids is 1. The SMILES string of the molecule is Cc1nocc1NC(=O)C1(C)CCc2c(C)c(O)c(C)c(C)c2O1. The molecule has 1 amide bonds. The monoisotopic (exact) mass is 330 g/mol. The van der Waals surface area contributed by atoms with Crippen LogP contribution >= 0.6 is 0 Å². The van der Waals surface area contributed by atoms with E-state index in [1.807, 2.05) is 20.8 Å². The third kappa shape index (κ3) is 2.42. The van der Waals surface area contributed by atoms with Gasteiger partial charge in [0.15, 0.2) is 5.60 Å². The molecule has 3 rings (SSSR count). The molecule has 1 atom stereocenters. The fourth-order valence-corrected chi connectivity index (χ4v) is 3.07. The molecule has 1 aromatic carbocycles. The van der Waals surface area contributed by atoms with Crippen LogP contribution in [-0.4, -0.2) is 21.8 Å². The molecule has 6 nitrogen and oxygen atoms in total. The van der Waals surface area contributed by atoms with E-state index in [0.717, 1.165) is 22.3 Å². The number of hydrogen-bond donors (Lipinski definition) is 2. The Kier molecular flexibility index (Phi) is 3.78. The minimum Gasteiger partial charge on any atom is -0.507 e. The van der Waals surface area contributed by atoms with Gasteiger partial charge in [-0.1, -0.05) is 5.16 Å². The molecule has 0 saturated carbocycles. The maximum Gasteiger partial charge on any atom is 0.268 e. The second-order valence-electron chi connectivity index (χ2n) is 6.63. The molecule has 0 aliphatic carbocycles. The molecule has 0 radical (unpaired) electrons. The predicted molar refractivity (Wildman–Crippen MR) is 89.5 cm³/mol. The van der Waals surface area contributed by atoms with Crippen LogP contribution in [0.3, 0.4) is 0 Å². The van der Waals surface area contributed by atoms with Gasteiger partial charge in [-0.3, -0.25) is 4.79 Å². The molecule has 2 aromatic rings. The number of aromatic nitrogens is 1. The van der Waals surface area contributed by atoms with Crippen molar-refractivity contribution in [2.45, 2.75) is 53.1 Å². The highest BCUT2D eigenvalue weighted by atomic mass is 16.5. The zero-order chi connectivity index (χ0) is 17.6. The second-order valence-corrected chi connectivity index (χ2v) is 6.63. The Labute approximate surface area is 140 Å². The van der Waals surface area contributed by atoms with E-state index in [0.29, 0.717) is 35.7 Å². The van der Waals surface area contributed by atoms with Gasteiger partial charge in [-0.2, -0.15) is 0 Å². The van der Waals surface area contributed by atoms with Gasteiger partial charge < -0.3 is 19.7 Å². The van der Waals surface area contributed by atoms with E-state index in [9.17, 15) is 9.90 Å². The molecule has 0 saturated heterocycles. The average molecular weight is 330 g/mol. The minimum atomic E-state index is -0.989. The Bertz CT molecular complexity index is 825. The van der Waals surface area contributed by atoms with Crippen molar-refractivity contribution in [3.8, 4) is 11.5 Å². The normalized spacial score (nSPS) is 19.5. The summed E-state index contributed by atoms with van der Waals surface area (Å²) in [5, 5.41) is 16.8. The van der Waals surface area contributed by atoms with Gasteiger partial charge in [-0.05, 0) is 57.7 Å². The van der Waals surface area contributed by atoms with Gasteiger partial charge in [-0.15, -0.1) is 0 Å². The lowest BCUT2D eigenvalue weighted by Gasteiger charge is -2.36. The fourth-order valence-electron chi connectivity index (χ4n) is 3.07. The number of anilines is 1. The first-order valence-electron chi connectivity index (χ1n) is 7.97. The van der Waals surface area contributed by atoms with Gasteiger partial charge in [0, 0.05) is 12.0 Å². The van der Waals surface area contributed by atoms with Crippen LogP contribution in [0.2, 0.25) is 0 Å². The Balaban J connectivity index is 1.94. The van der Waals surface area contributed by atoms with Crippen LogP contribution in [0.15, 0.2) is 10.8 Å². The minimum absolute atomic E-state index is 0.234. The molecule has 0 bridgehead atoms. The molecule has 0 fully saturated rings. The molecule has 1 aliphatic rings. The van der Waals surface area contributed by atoms with E-state index < -0.39 is 5.60 Å². The quantitative estimate of drug-likeness (QED) is 0.882. The van der Waals surface area contributed by atoms with Crippen LogP contribution in [-0.2, 0) is 11.2 Å². The van der Waals surface area contributed by atoms with Crippen molar-refractivity contribution in [1.82, 2.24) is 5.16 Å². The second kappa shape index (κ2) is 5.54. The Morgan fingerprint density at radius 1 is 1.25 bits per heavy atom. The standard InChI is InChI=1S/C18H22N2O4/c1-9-10(2)16-13(11(3)15(9)21)6-7-18(5,24-16)17(22)19-14-8-23-20-12(14)4/h8,21H,6-7H2,1-5H3,(H,19,22). The zero-order valence-electron chi connectivity index (χ0n) is 14.6. The molecule has 1 aromatic heterocycles. The van der Waals surface area contributed by atoms with Crippen LogP contribution in [0.25, 0.3) is 0 Å². The number of phenolic OH excluding ortho intramolecular Hbond substituents is 1. The lowest BCUT2D eigenvalue weighted by molar-refractivity contribution is -0.131. The number of nitrogens with zero attached hydrogens (tertiary/aromatic N) is 1. The lowest BCUT2D eigenvalue weighted by atomic mass is 9.86. The number of carbonyl (C=O) groups is 1. The molecule has 2 heterocycles. The average Bonchev–Trinajstić information content (AvgIpc) is 2.95. The Morgan fingerprint density at radius 2 is 1.96 bits per heavy atom. The Hall–Kier alpha value is -2.50. The van der Waals surface area contributed by atoms with Gasteiger partial charge in [0.05, 0.1) is 0 Å². The van der Waals surface area contributed by atoms with Crippen molar-refractivity contribution in [3.05, 3.63) is 34.2 Å². The highest BCUT2D eigenvalue weighted by molar-refractivity contribution is 5.97. The van der Waals surface area contributed by atoms with Crippen LogP contribution < -0.4 is 10.1 Å². The number of rotatable bonds is 2. The van der Waals surface area contributed by atoms with E-state index in [4.69, 9.17) is 9.26 Å². The molecular formula is C18H22N2O4. The summed E-state index contributed by atoms with van der Waals surface area (Å²) in [6.45, 7) is 9.19. The number of aromatic hydroxyl groups is 1. The topological polar surface area (TPSA) is 84.6 Å². The number of fused-ring (bicyclic) bond motifs is 1. The molecule has 1 aliphatic heterocycles. The highest BCUT2D eigenvalue weighted by Crippen LogP contribution is 2.43. The van der Waals surface area contributed by atoms with Crippen LogP contribution in [0.4, 0.5) is 5.69 Å². The first-order valence-corrected chi connectivity index (χ1v) is 7.97. The van der Waals surface area contributed by atoms with Gasteiger partial charge in [0.25, 0.3) is 5.91 Å². The van der Waals surface area contributed by atoms with Crippen LogP contribution in [0, 0.1) is 27.7 Å². The molecule has 2 N–H and O–H groups in total. The fraction of sp³-hybridized carbons (Fsp3) is 0.444. The van der Waals surface area contributed by atoms with E-state index >= 15 is 0 Å². The highest BCUT2D eigenvalue weighted by Gasteiger charge is 2.41. The number of nitrogens with one attached hydrogen (secondary N) is 1. The summed E-state index contributed by atoms with van der Waals surface area (Å²) in [6, 6.07) is 0. The summed E-state index contributed by atoms with van der Waals surface area (Å²) in [6.07, 6.45) is 2.60. The summed E-state index contributed by atoms with van der Waals surface area (Å²) in [7, 11) is 0. The molecular weight excluding hydrogens is 308 g/mol. The van der Waals surface area contributed by atoms with Crippen molar-refractivity contribution in [2.75, 3.05) is 5.32 Å². The summed E-state index contributed by atoms with van der Waals surface area (Å²) >= 11 is 0. The van der Waals surface area contributed by atoms with Crippen LogP contribution in [0.5, 0.6) is 11.5 Å². The Morgan fingerprint density at radius 3 is 2.58 bits per heavy atom. The van der Waals surface area contributed by atoms with Crippen molar-refractivity contribution in [1.29, 1.82) is 0 Å². The third-order valence-corrected chi connectivity index (χ3v) is 5.00. The summed E-state index contributed by atoms with van der Waals surface area (Å²) in [4.78, 5) is 12.7. The smallest absolute Gasteiger partial charge is 0.268 e. The third-order valence-electron chi connectivity index (χ3n) is 5.00. The molecule has 6 heteroatoms.